The van der Waals surface area contributed by atoms with Crippen molar-refractivity contribution in [2.24, 2.45) is 11.8 Å². The van der Waals surface area contributed by atoms with E-state index in [0.717, 1.165) is 12.8 Å². The van der Waals surface area contributed by atoms with Crippen molar-refractivity contribution in [1.29, 1.82) is 0 Å². The van der Waals surface area contributed by atoms with Crippen molar-refractivity contribution in [1.82, 2.24) is 0 Å². The lowest BCUT2D eigenvalue weighted by molar-refractivity contribution is -0.152. The number of rotatable bonds is 3. The minimum Gasteiger partial charge on any atom is -0.469 e. The third-order valence-corrected chi connectivity index (χ3v) is 4.20. The Morgan fingerprint density at radius 3 is 1.88 bits per heavy atom. The minimum atomic E-state index is -0.255. The van der Waals surface area contributed by atoms with Gasteiger partial charge in [-0.05, 0) is 18.4 Å². The minimum absolute atomic E-state index is 0.0831. The Balaban J connectivity index is 0.000000198. The standard InChI is InChI=1S/C13H14O2.C6H8O3/c1-15-13(14)12-8-11(9-12)7-10-5-3-2-4-6-10;1-9-6(8)4-2-5(7)3-4/h2-7,12H,8-9H2,1H3;4H,2-3H2,1H3. The highest BCUT2D eigenvalue weighted by atomic mass is 16.5. The molecular formula is C19H22O5. The molecule has 0 atom stereocenters. The van der Waals surface area contributed by atoms with Crippen molar-refractivity contribution in [2.75, 3.05) is 14.2 Å². The molecule has 2 fully saturated rings. The number of allylic oxidation sites excluding steroid dienone is 1. The van der Waals surface area contributed by atoms with Gasteiger partial charge in [0.1, 0.15) is 5.78 Å². The van der Waals surface area contributed by atoms with Gasteiger partial charge in [-0.1, -0.05) is 42.0 Å². The second-order valence-corrected chi connectivity index (χ2v) is 6.01. The maximum Gasteiger partial charge on any atom is 0.309 e. The summed E-state index contributed by atoms with van der Waals surface area (Å²) in [5.41, 5.74) is 2.53. The lowest BCUT2D eigenvalue weighted by Crippen LogP contribution is -2.31. The molecule has 2 saturated carbocycles. The van der Waals surface area contributed by atoms with Gasteiger partial charge >= 0.3 is 11.9 Å². The third-order valence-electron chi connectivity index (χ3n) is 4.20. The second kappa shape index (κ2) is 8.43. The van der Waals surface area contributed by atoms with Crippen LogP contribution in [-0.2, 0) is 23.9 Å². The first-order valence-corrected chi connectivity index (χ1v) is 7.95. The van der Waals surface area contributed by atoms with E-state index in [9.17, 15) is 14.4 Å². The number of carbonyl (C=O) groups excluding carboxylic acids is 3. The van der Waals surface area contributed by atoms with Crippen LogP contribution in [0.2, 0.25) is 0 Å². The SMILES string of the molecule is COC(=O)C1CC(=Cc2ccccc2)C1.COC(=O)C1CC(=O)C1. The maximum atomic E-state index is 11.1. The van der Waals surface area contributed by atoms with Crippen LogP contribution in [0.3, 0.4) is 0 Å². The second-order valence-electron chi connectivity index (χ2n) is 6.01. The predicted molar refractivity (Wildman–Crippen MR) is 88.9 cm³/mol. The molecule has 0 heterocycles. The van der Waals surface area contributed by atoms with E-state index in [2.05, 4.69) is 27.7 Å². The van der Waals surface area contributed by atoms with Crippen LogP contribution in [0.5, 0.6) is 0 Å². The Morgan fingerprint density at radius 2 is 1.42 bits per heavy atom. The van der Waals surface area contributed by atoms with Crippen molar-refractivity contribution < 1.29 is 23.9 Å². The van der Waals surface area contributed by atoms with Gasteiger partial charge in [0.15, 0.2) is 0 Å². The molecule has 0 aromatic heterocycles. The number of ether oxygens (including phenoxy) is 2. The van der Waals surface area contributed by atoms with Gasteiger partial charge in [0.05, 0.1) is 26.1 Å². The highest BCUT2D eigenvalue weighted by Gasteiger charge is 2.33. The molecule has 5 nitrogen and oxygen atoms in total. The molecule has 0 amide bonds. The Hall–Kier alpha value is -2.43. The zero-order valence-electron chi connectivity index (χ0n) is 14.0. The average Bonchev–Trinajstić information content (AvgIpc) is 2.55. The quantitative estimate of drug-likeness (QED) is 0.797. The van der Waals surface area contributed by atoms with E-state index >= 15 is 0 Å². The molecule has 0 spiro atoms. The van der Waals surface area contributed by atoms with Gasteiger partial charge < -0.3 is 9.47 Å². The summed E-state index contributed by atoms with van der Waals surface area (Å²) in [6, 6.07) is 10.2. The van der Waals surface area contributed by atoms with Gasteiger partial charge in [0, 0.05) is 12.8 Å². The van der Waals surface area contributed by atoms with Crippen LogP contribution in [0.25, 0.3) is 6.08 Å². The zero-order chi connectivity index (χ0) is 17.5. The fourth-order valence-electron chi connectivity index (χ4n) is 2.63. The molecule has 0 aliphatic heterocycles. The van der Waals surface area contributed by atoms with Crippen LogP contribution in [0.15, 0.2) is 35.9 Å². The first-order valence-electron chi connectivity index (χ1n) is 7.95. The van der Waals surface area contributed by atoms with E-state index in [0.29, 0.717) is 12.8 Å². The summed E-state index contributed by atoms with van der Waals surface area (Å²) in [5, 5.41) is 0. The van der Waals surface area contributed by atoms with E-state index in [1.807, 2.05) is 18.2 Å². The van der Waals surface area contributed by atoms with E-state index in [1.165, 1.54) is 25.4 Å². The largest absolute Gasteiger partial charge is 0.469 e. The smallest absolute Gasteiger partial charge is 0.309 e. The molecule has 5 heteroatoms. The highest BCUT2D eigenvalue weighted by Crippen LogP contribution is 2.35. The van der Waals surface area contributed by atoms with Crippen LogP contribution in [-0.4, -0.2) is 31.9 Å². The van der Waals surface area contributed by atoms with Crippen LogP contribution in [0.4, 0.5) is 0 Å². The normalized spacial score (nSPS) is 19.2. The molecule has 1 aromatic carbocycles. The van der Waals surface area contributed by atoms with E-state index in [1.54, 1.807) is 0 Å². The first-order chi connectivity index (χ1) is 11.5. The number of carbonyl (C=O) groups is 3. The van der Waals surface area contributed by atoms with Crippen molar-refractivity contribution in [3.63, 3.8) is 0 Å². The Kier molecular flexibility index (Phi) is 6.29. The van der Waals surface area contributed by atoms with Crippen molar-refractivity contribution in [3.05, 3.63) is 41.5 Å². The maximum absolute atomic E-state index is 11.1. The lowest BCUT2D eigenvalue weighted by atomic mass is 9.79. The summed E-state index contributed by atoms with van der Waals surface area (Å²) in [4.78, 5) is 32.0. The van der Waals surface area contributed by atoms with E-state index in [4.69, 9.17) is 0 Å². The number of Topliss-reactive ketones (excluding diaryl/α,β-unsaturated/α-hetero) is 1. The molecule has 2 aliphatic carbocycles. The fraction of sp³-hybridized carbons (Fsp3) is 0.421. The number of benzene rings is 1. The van der Waals surface area contributed by atoms with Gasteiger partial charge in [0.2, 0.25) is 0 Å². The summed E-state index contributed by atoms with van der Waals surface area (Å²) in [6.07, 6.45) is 4.61. The molecule has 3 rings (SSSR count). The number of esters is 2. The van der Waals surface area contributed by atoms with Gasteiger partial charge in [-0.2, -0.15) is 0 Å². The van der Waals surface area contributed by atoms with Crippen LogP contribution in [0.1, 0.15) is 31.2 Å². The molecule has 0 bridgehead atoms. The summed E-state index contributed by atoms with van der Waals surface area (Å²) < 4.78 is 9.10. The molecule has 128 valence electrons. The van der Waals surface area contributed by atoms with Gasteiger partial charge in [-0.25, -0.2) is 0 Å². The monoisotopic (exact) mass is 330 g/mol. The molecule has 0 N–H and O–H groups in total. The number of ketones is 1. The Bertz CT molecular complexity index is 616. The number of methoxy groups -OCH3 is 2. The Labute approximate surface area is 141 Å². The van der Waals surface area contributed by atoms with E-state index < -0.39 is 0 Å². The highest BCUT2D eigenvalue weighted by molar-refractivity contribution is 5.94. The van der Waals surface area contributed by atoms with E-state index in [-0.39, 0.29) is 29.6 Å². The van der Waals surface area contributed by atoms with Crippen LogP contribution in [0, 0.1) is 11.8 Å². The molecular weight excluding hydrogens is 308 g/mol. The molecule has 0 unspecified atom stereocenters. The average molecular weight is 330 g/mol. The summed E-state index contributed by atoms with van der Waals surface area (Å²) in [5.74, 6) is -0.229. The number of hydrogen-bond acceptors (Lipinski definition) is 5. The predicted octanol–water partition coefficient (Wildman–Crippen LogP) is 2.79. The Morgan fingerprint density at radius 1 is 0.917 bits per heavy atom. The fourth-order valence-corrected chi connectivity index (χ4v) is 2.63. The summed E-state index contributed by atoms with van der Waals surface area (Å²) in [6.45, 7) is 0. The van der Waals surface area contributed by atoms with Crippen molar-refractivity contribution >= 4 is 23.8 Å². The summed E-state index contributed by atoms with van der Waals surface area (Å²) >= 11 is 0. The van der Waals surface area contributed by atoms with Crippen molar-refractivity contribution in [2.45, 2.75) is 25.7 Å². The molecule has 0 radical (unpaired) electrons. The summed E-state index contributed by atoms with van der Waals surface area (Å²) in [7, 11) is 2.78. The molecule has 24 heavy (non-hydrogen) atoms. The first kappa shape index (κ1) is 17.9. The van der Waals surface area contributed by atoms with Crippen LogP contribution < -0.4 is 0 Å². The lowest BCUT2D eigenvalue weighted by Gasteiger charge is -2.26. The van der Waals surface area contributed by atoms with Gasteiger partial charge in [-0.3, -0.25) is 14.4 Å². The topological polar surface area (TPSA) is 69.7 Å². The van der Waals surface area contributed by atoms with Crippen LogP contribution >= 0.6 is 0 Å². The van der Waals surface area contributed by atoms with Gasteiger partial charge in [-0.15, -0.1) is 0 Å². The molecule has 2 aliphatic rings. The zero-order valence-corrected chi connectivity index (χ0v) is 14.0. The van der Waals surface area contributed by atoms with Crippen molar-refractivity contribution in [3.8, 4) is 0 Å². The molecule has 1 aromatic rings. The molecule has 0 saturated heterocycles. The number of hydrogen-bond donors (Lipinski definition) is 0. The van der Waals surface area contributed by atoms with Gasteiger partial charge in [0.25, 0.3) is 0 Å². The third kappa shape index (κ3) is 4.78.